The monoisotopic (exact) mass is 220 g/mol. The summed E-state index contributed by atoms with van der Waals surface area (Å²) in [5, 5.41) is 3.33. The van der Waals surface area contributed by atoms with Crippen LogP contribution in [0.4, 0.5) is 0 Å². The zero-order valence-electron chi connectivity index (χ0n) is 9.19. The Kier molecular flexibility index (Phi) is 2.78. The van der Waals surface area contributed by atoms with Gasteiger partial charge >= 0.3 is 0 Å². The first kappa shape index (κ1) is 10.1. The highest BCUT2D eigenvalue weighted by atomic mass is 17.2. The second kappa shape index (κ2) is 4.41. The molecule has 2 aliphatic heterocycles. The van der Waals surface area contributed by atoms with E-state index in [1.807, 2.05) is 18.2 Å². The smallest absolute Gasteiger partial charge is 0.168 e. The van der Waals surface area contributed by atoms with Crippen LogP contribution in [0.1, 0.15) is 5.56 Å². The van der Waals surface area contributed by atoms with Crippen LogP contribution >= 0.6 is 0 Å². The fourth-order valence-electron chi connectivity index (χ4n) is 2.24. The molecule has 16 heavy (non-hydrogen) atoms. The van der Waals surface area contributed by atoms with Crippen molar-refractivity contribution in [3.05, 3.63) is 29.8 Å². The van der Waals surface area contributed by atoms with Crippen molar-refractivity contribution in [3.8, 4) is 5.75 Å². The largest absolute Gasteiger partial charge is 0.336 e. The van der Waals surface area contributed by atoms with E-state index < -0.39 is 0 Å². The average molecular weight is 220 g/mol. The summed E-state index contributed by atoms with van der Waals surface area (Å²) in [6.45, 7) is 4.11. The molecule has 1 saturated heterocycles. The summed E-state index contributed by atoms with van der Waals surface area (Å²) in [5.74, 6) is 0.855. The molecule has 0 bridgehead atoms. The quantitative estimate of drug-likeness (QED) is 0.709. The lowest BCUT2D eigenvalue weighted by Crippen LogP contribution is -2.51. The van der Waals surface area contributed by atoms with E-state index in [9.17, 15) is 0 Å². The zero-order valence-corrected chi connectivity index (χ0v) is 9.19. The maximum absolute atomic E-state index is 5.44. The SMILES string of the molecule is c1ccc2c(c1)CC(N1CCNCC1)OO2. The fraction of sp³-hybridized carbons (Fsp3) is 0.500. The van der Waals surface area contributed by atoms with Gasteiger partial charge in [-0.2, -0.15) is 4.89 Å². The van der Waals surface area contributed by atoms with Crippen molar-refractivity contribution < 1.29 is 9.78 Å². The number of benzene rings is 1. The fourth-order valence-corrected chi connectivity index (χ4v) is 2.24. The molecule has 0 aromatic heterocycles. The first-order chi connectivity index (χ1) is 7.93. The van der Waals surface area contributed by atoms with E-state index in [4.69, 9.17) is 9.78 Å². The van der Waals surface area contributed by atoms with Gasteiger partial charge in [-0.05, 0) is 6.07 Å². The normalized spacial score (nSPS) is 25.9. The van der Waals surface area contributed by atoms with Crippen LogP contribution in [0.3, 0.4) is 0 Å². The molecule has 1 aromatic rings. The molecule has 1 unspecified atom stereocenters. The predicted octanol–water partition coefficient (Wildman–Crippen LogP) is 0.784. The van der Waals surface area contributed by atoms with Gasteiger partial charge in [0.2, 0.25) is 0 Å². The van der Waals surface area contributed by atoms with Gasteiger partial charge < -0.3 is 10.2 Å². The van der Waals surface area contributed by atoms with Crippen molar-refractivity contribution in [2.45, 2.75) is 12.6 Å². The van der Waals surface area contributed by atoms with Gasteiger partial charge in [0.05, 0.1) is 0 Å². The minimum absolute atomic E-state index is 0.0667. The summed E-state index contributed by atoms with van der Waals surface area (Å²) < 4.78 is 0. The number of nitrogens with one attached hydrogen (secondary N) is 1. The molecule has 86 valence electrons. The van der Waals surface area contributed by atoms with Crippen molar-refractivity contribution in [1.82, 2.24) is 10.2 Å². The van der Waals surface area contributed by atoms with Crippen molar-refractivity contribution in [2.75, 3.05) is 26.2 Å². The van der Waals surface area contributed by atoms with E-state index in [1.54, 1.807) is 0 Å². The topological polar surface area (TPSA) is 33.7 Å². The Bertz CT molecular complexity index is 364. The highest BCUT2D eigenvalue weighted by Gasteiger charge is 2.27. The van der Waals surface area contributed by atoms with Crippen LogP contribution in [-0.4, -0.2) is 37.3 Å². The van der Waals surface area contributed by atoms with Gasteiger partial charge in [0.1, 0.15) is 0 Å². The second-order valence-corrected chi connectivity index (χ2v) is 4.23. The lowest BCUT2D eigenvalue weighted by atomic mass is 10.1. The van der Waals surface area contributed by atoms with Crippen molar-refractivity contribution >= 4 is 0 Å². The molecular weight excluding hydrogens is 204 g/mol. The lowest BCUT2D eigenvalue weighted by molar-refractivity contribution is -0.293. The molecule has 2 heterocycles. The molecule has 1 atom stereocenters. The van der Waals surface area contributed by atoms with Crippen LogP contribution in [0.15, 0.2) is 24.3 Å². The second-order valence-electron chi connectivity index (χ2n) is 4.23. The van der Waals surface area contributed by atoms with Gasteiger partial charge in [-0.1, -0.05) is 18.2 Å². The highest BCUT2D eigenvalue weighted by Crippen LogP contribution is 2.26. The number of nitrogens with zero attached hydrogens (tertiary/aromatic N) is 1. The van der Waals surface area contributed by atoms with Gasteiger partial charge in [0.15, 0.2) is 12.0 Å². The Balaban J connectivity index is 1.72. The minimum atomic E-state index is 0.0667. The minimum Gasteiger partial charge on any atom is -0.336 e. The number of para-hydroxylation sites is 1. The standard InChI is InChI=1S/C12H16N2O2/c1-2-4-11-10(3-1)9-12(16-15-11)14-7-5-13-6-8-14/h1-4,12-13H,5-9H2. The maximum Gasteiger partial charge on any atom is 0.168 e. The van der Waals surface area contributed by atoms with Gasteiger partial charge in [-0.15, -0.1) is 0 Å². The van der Waals surface area contributed by atoms with Gasteiger partial charge in [0.25, 0.3) is 0 Å². The third-order valence-electron chi connectivity index (χ3n) is 3.17. The predicted molar refractivity (Wildman–Crippen MR) is 60.1 cm³/mol. The van der Waals surface area contributed by atoms with Crippen molar-refractivity contribution in [1.29, 1.82) is 0 Å². The number of rotatable bonds is 1. The van der Waals surface area contributed by atoms with E-state index in [2.05, 4.69) is 16.3 Å². The molecule has 0 saturated carbocycles. The third-order valence-corrected chi connectivity index (χ3v) is 3.17. The lowest BCUT2D eigenvalue weighted by Gasteiger charge is -2.35. The summed E-state index contributed by atoms with van der Waals surface area (Å²) in [6.07, 6.45) is 0.980. The number of fused-ring (bicyclic) bond motifs is 1. The van der Waals surface area contributed by atoms with Crippen LogP contribution in [0.5, 0.6) is 5.75 Å². The Labute approximate surface area is 95.1 Å². The molecular formula is C12H16N2O2. The first-order valence-electron chi connectivity index (χ1n) is 5.79. The molecule has 0 aliphatic carbocycles. The van der Waals surface area contributed by atoms with E-state index >= 15 is 0 Å². The van der Waals surface area contributed by atoms with Crippen molar-refractivity contribution in [3.63, 3.8) is 0 Å². The molecule has 1 N–H and O–H groups in total. The summed E-state index contributed by atoms with van der Waals surface area (Å²) in [7, 11) is 0. The van der Waals surface area contributed by atoms with Gasteiger partial charge in [-0.25, -0.2) is 0 Å². The van der Waals surface area contributed by atoms with Crippen LogP contribution in [0.2, 0.25) is 0 Å². The number of piperazine rings is 1. The summed E-state index contributed by atoms with van der Waals surface area (Å²) in [6, 6.07) is 8.06. The van der Waals surface area contributed by atoms with E-state index in [-0.39, 0.29) is 6.23 Å². The molecule has 3 rings (SSSR count). The molecule has 0 radical (unpaired) electrons. The van der Waals surface area contributed by atoms with Crippen molar-refractivity contribution in [2.24, 2.45) is 0 Å². The van der Waals surface area contributed by atoms with Crippen LogP contribution < -0.4 is 10.2 Å². The summed E-state index contributed by atoms with van der Waals surface area (Å²) in [4.78, 5) is 13.1. The van der Waals surface area contributed by atoms with E-state index in [0.717, 1.165) is 38.3 Å². The van der Waals surface area contributed by atoms with Gasteiger partial charge in [0, 0.05) is 38.2 Å². The molecule has 2 aliphatic rings. The van der Waals surface area contributed by atoms with Crippen LogP contribution in [0, 0.1) is 0 Å². The third kappa shape index (κ3) is 1.91. The van der Waals surface area contributed by atoms with Crippen LogP contribution in [0.25, 0.3) is 0 Å². The number of hydrogen-bond donors (Lipinski definition) is 1. The average Bonchev–Trinajstić information content (AvgIpc) is 2.39. The van der Waals surface area contributed by atoms with E-state index in [0.29, 0.717) is 0 Å². The van der Waals surface area contributed by atoms with Gasteiger partial charge in [-0.3, -0.25) is 4.90 Å². The molecule has 0 amide bonds. The first-order valence-corrected chi connectivity index (χ1v) is 5.79. The molecule has 4 nitrogen and oxygen atoms in total. The van der Waals surface area contributed by atoms with Crippen LogP contribution in [-0.2, 0) is 11.3 Å². The summed E-state index contributed by atoms with van der Waals surface area (Å²) in [5.41, 5.74) is 1.23. The highest BCUT2D eigenvalue weighted by molar-refractivity contribution is 5.34. The Hall–Kier alpha value is -1.10. The summed E-state index contributed by atoms with van der Waals surface area (Å²) >= 11 is 0. The number of hydrogen-bond acceptors (Lipinski definition) is 4. The zero-order chi connectivity index (χ0) is 10.8. The Morgan fingerprint density at radius 2 is 2.00 bits per heavy atom. The molecule has 1 aromatic carbocycles. The molecule has 1 fully saturated rings. The Morgan fingerprint density at radius 1 is 1.19 bits per heavy atom. The molecule has 0 spiro atoms. The maximum atomic E-state index is 5.44. The van der Waals surface area contributed by atoms with E-state index in [1.165, 1.54) is 5.56 Å². The molecule has 4 heteroatoms. The Morgan fingerprint density at radius 3 is 2.88 bits per heavy atom.